The molecule has 2 aromatic rings. The highest BCUT2D eigenvalue weighted by atomic mass is 16.7. The molecule has 0 radical (unpaired) electrons. The van der Waals surface area contributed by atoms with E-state index < -0.39 is 23.5 Å². The van der Waals surface area contributed by atoms with Crippen molar-refractivity contribution < 1.29 is 28.9 Å². The van der Waals surface area contributed by atoms with Crippen LogP contribution in [-0.2, 0) is 27.3 Å². The Morgan fingerprint density at radius 1 is 1.07 bits per heavy atom. The van der Waals surface area contributed by atoms with Gasteiger partial charge in [0.2, 0.25) is 5.79 Å². The zero-order valence-corrected chi connectivity index (χ0v) is 24.9. The monoisotopic (exact) mass is 577 g/mol. The minimum Gasteiger partial charge on any atom is -0.463 e. The van der Waals surface area contributed by atoms with Crippen molar-refractivity contribution >= 4 is 11.9 Å². The van der Waals surface area contributed by atoms with Crippen LogP contribution in [0.4, 0.5) is 4.79 Å². The third kappa shape index (κ3) is 9.30. The molecule has 2 aliphatic heterocycles. The lowest BCUT2D eigenvalue weighted by Crippen LogP contribution is -2.45. The summed E-state index contributed by atoms with van der Waals surface area (Å²) in [6, 6.07) is 13.1. The molecule has 2 heterocycles. The lowest BCUT2D eigenvalue weighted by atomic mass is 9.92. The number of hydrogen-bond acceptors (Lipinski definition) is 7. The van der Waals surface area contributed by atoms with Crippen LogP contribution < -0.4 is 20.7 Å². The molecule has 1 fully saturated rings. The number of rotatable bonds is 14. The van der Waals surface area contributed by atoms with Crippen molar-refractivity contribution in [1.82, 2.24) is 16.0 Å². The molecule has 4 rings (SSSR count). The number of carbonyl (C=O) groups is 2. The standard InChI is InChI=1S/C33H43N3O6/c1-32(2)41-23-27-20-26(14-15-29(27)42-32)28(37)22-34-16-7-4-5-8-17-40-18-9-6-11-24-12-10-13-25(19-24)21-33(3)30(38)35-31(39)36-33/h10,12-15,19-20,28,34,37H,4-5,7-9,16-18,21-23H2,1-3H3,(H2,35,36,38,39)/t28-,33-/m0/s1. The van der Waals surface area contributed by atoms with Gasteiger partial charge in [-0.25, -0.2) is 4.79 Å². The molecule has 4 N–H and O–H groups in total. The van der Waals surface area contributed by atoms with Gasteiger partial charge in [0, 0.05) is 51.0 Å². The molecule has 1 saturated heterocycles. The molecule has 0 unspecified atom stereocenters. The zero-order valence-electron chi connectivity index (χ0n) is 24.9. The third-order valence-electron chi connectivity index (χ3n) is 7.34. The van der Waals surface area contributed by atoms with Crippen LogP contribution in [-0.4, -0.2) is 54.7 Å². The number of amides is 3. The number of aliphatic hydroxyl groups excluding tert-OH is 1. The number of aliphatic hydroxyl groups is 1. The van der Waals surface area contributed by atoms with Crippen molar-refractivity contribution in [3.63, 3.8) is 0 Å². The Labute approximate surface area is 248 Å². The van der Waals surface area contributed by atoms with Gasteiger partial charge < -0.3 is 30.0 Å². The van der Waals surface area contributed by atoms with Crippen molar-refractivity contribution in [2.75, 3.05) is 26.3 Å². The summed E-state index contributed by atoms with van der Waals surface area (Å²) in [7, 11) is 0. The second-order valence-electron chi connectivity index (χ2n) is 11.6. The van der Waals surface area contributed by atoms with Gasteiger partial charge in [0.05, 0.1) is 19.3 Å². The Balaban J connectivity index is 1.01. The molecule has 0 aliphatic carbocycles. The first-order chi connectivity index (χ1) is 20.1. The molecule has 2 aliphatic rings. The number of benzene rings is 2. The largest absolute Gasteiger partial charge is 0.463 e. The highest BCUT2D eigenvalue weighted by Crippen LogP contribution is 2.32. The van der Waals surface area contributed by atoms with E-state index >= 15 is 0 Å². The zero-order chi connectivity index (χ0) is 30.0. The number of nitrogens with one attached hydrogen (secondary N) is 3. The molecule has 0 bridgehead atoms. The minimum atomic E-state index is -0.941. The Bertz CT molecular complexity index is 1300. The highest BCUT2D eigenvalue weighted by Gasteiger charge is 2.41. The van der Waals surface area contributed by atoms with Gasteiger partial charge in [0.1, 0.15) is 11.3 Å². The van der Waals surface area contributed by atoms with Crippen LogP contribution in [0.3, 0.4) is 0 Å². The maximum atomic E-state index is 12.1. The van der Waals surface area contributed by atoms with E-state index in [0.29, 0.717) is 32.6 Å². The molecule has 0 aromatic heterocycles. The first-order valence-electron chi connectivity index (χ1n) is 14.8. The molecule has 226 valence electrons. The fourth-order valence-corrected chi connectivity index (χ4v) is 4.99. The van der Waals surface area contributed by atoms with E-state index in [1.807, 2.05) is 56.3 Å². The highest BCUT2D eigenvalue weighted by molar-refractivity contribution is 6.06. The predicted molar refractivity (Wildman–Crippen MR) is 160 cm³/mol. The third-order valence-corrected chi connectivity index (χ3v) is 7.34. The molecular formula is C33H43N3O6. The van der Waals surface area contributed by atoms with Crippen LogP contribution in [0.5, 0.6) is 5.75 Å². The van der Waals surface area contributed by atoms with E-state index in [1.165, 1.54) is 0 Å². The number of unbranched alkanes of at least 4 members (excludes halogenated alkanes) is 3. The lowest BCUT2D eigenvalue weighted by Gasteiger charge is -2.33. The van der Waals surface area contributed by atoms with Crippen molar-refractivity contribution in [1.29, 1.82) is 0 Å². The topological polar surface area (TPSA) is 118 Å². The SMILES string of the molecule is CC1(C)OCc2cc([C@@H](O)CNCCCCCCOCCC#Cc3cccc(C[C@]4(C)NC(=O)NC4=O)c3)ccc2O1. The summed E-state index contributed by atoms with van der Waals surface area (Å²) >= 11 is 0. The Morgan fingerprint density at radius 3 is 2.71 bits per heavy atom. The predicted octanol–water partition coefficient (Wildman–Crippen LogP) is 4.11. The Hall–Kier alpha value is -3.42. The average Bonchev–Trinajstić information content (AvgIpc) is 3.20. The number of ether oxygens (including phenoxy) is 3. The van der Waals surface area contributed by atoms with Gasteiger partial charge >= 0.3 is 6.03 Å². The van der Waals surface area contributed by atoms with Crippen LogP contribution in [0.25, 0.3) is 0 Å². The van der Waals surface area contributed by atoms with Gasteiger partial charge in [0.15, 0.2) is 0 Å². The number of hydrogen-bond donors (Lipinski definition) is 4. The minimum absolute atomic E-state index is 0.313. The Morgan fingerprint density at radius 2 is 1.90 bits per heavy atom. The maximum Gasteiger partial charge on any atom is 0.322 e. The average molecular weight is 578 g/mol. The molecule has 2 aromatic carbocycles. The molecule has 3 amide bonds. The fraction of sp³-hybridized carbons (Fsp3) is 0.515. The summed E-state index contributed by atoms with van der Waals surface area (Å²) in [5.41, 5.74) is 2.70. The van der Waals surface area contributed by atoms with E-state index in [1.54, 1.807) is 6.92 Å². The van der Waals surface area contributed by atoms with Crippen LogP contribution >= 0.6 is 0 Å². The van der Waals surface area contributed by atoms with E-state index in [9.17, 15) is 14.7 Å². The number of urea groups is 1. The first-order valence-corrected chi connectivity index (χ1v) is 14.8. The second-order valence-corrected chi connectivity index (χ2v) is 11.6. The van der Waals surface area contributed by atoms with Gasteiger partial charge in [-0.1, -0.05) is 42.9 Å². The Kier molecular flexibility index (Phi) is 11.0. The molecule has 9 nitrogen and oxygen atoms in total. The van der Waals surface area contributed by atoms with E-state index in [4.69, 9.17) is 14.2 Å². The lowest BCUT2D eigenvalue weighted by molar-refractivity contribution is -0.180. The van der Waals surface area contributed by atoms with Gasteiger partial charge in [0.25, 0.3) is 5.91 Å². The molecular weight excluding hydrogens is 534 g/mol. The molecule has 0 spiro atoms. The fourth-order valence-electron chi connectivity index (χ4n) is 4.99. The number of fused-ring (bicyclic) bond motifs is 1. The smallest absolute Gasteiger partial charge is 0.322 e. The van der Waals surface area contributed by atoms with Crippen molar-refractivity contribution in [2.45, 2.75) is 83.3 Å². The normalized spacial score (nSPS) is 19.6. The van der Waals surface area contributed by atoms with Gasteiger partial charge in [-0.2, -0.15) is 0 Å². The number of carbonyl (C=O) groups excluding carboxylic acids is 2. The van der Waals surface area contributed by atoms with Crippen molar-refractivity contribution in [3.05, 3.63) is 64.7 Å². The summed E-state index contributed by atoms with van der Waals surface area (Å²) in [6.07, 6.45) is 4.75. The van der Waals surface area contributed by atoms with Crippen molar-refractivity contribution in [2.24, 2.45) is 0 Å². The summed E-state index contributed by atoms with van der Waals surface area (Å²) in [6.45, 7) is 8.67. The van der Waals surface area contributed by atoms with E-state index in [0.717, 1.165) is 66.8 Å². The van der Waals surface area contributed by atoms with Crippen LogP contribution in [0.1, 0.15) is 81.2 Å². The van der Waals surface area contributed by atoms with E-state index in [2.05, 4.69) is 27.8 Å². The van der Waals surface area contributed by atoms with E-state index in [-0.39, 0.29) is 5.91 Å². The molecule has 9 heteroatoms. The summed E-state index contributed by atoms with van der Waals surface area (Å²) in [5, 5.41) is 18.9. The first kappa shape index (κ1) is 31.5. The molecule has 2 atom stereocenters. The van der Waals surface area contributed by atoms with Gasteiger partial charge in [-0.05, 0) is 61.7 Å². The summed E-state index contributed by atoms with van der Waals surface area (Å²) in [5.74, 6) is 6.18. The van der Waals surface area contributed by atoms with Gasteiger partial charge in [-0.3, -0.25) is 10.1 Å². The quantitative estimate of drug-likeness (QED) is 0.152. The summed E-state index contributed by atoms with van der Waals surface area (Å²) < 4.78 is 17.2. The molecule has 42 heavy (non-hydrogen) atoms. The van der Waals surface area contributed by atoms with Crippen LogP contribution in [0, 0.1) is 11.8 Å². The van der Waals surface area contributed by atoms with Crippen molar-refractivity contribution in [3.8, 4) is 17.6 Å². The van der Waals surface area contributed by atoms with Crippen LogP contribution in [0.15, 0.2) is 42.5 Å². The van der Waals surface area contributed by atoms with Gasteiger partial charge in [-0.15, -0.1) is 0 Å². The van der Waals surface area contributed by atoms with Crippen LogP contribution in [0.2, 0.25) is 0 Å². The molecule has 0 saturated carbocycles. The maximum absolute atomic E-state index is 12.1. The summed E-state index contributed by atoms with van der Waals surface area (Å²) in [4.78, 5) is 23.5. The number of imide groups is 1. The second kappa shape index (κ2) is 14.7.